The molecule has 0 aromatic carbocycles. The van der Waals surface area contributed by atoms with Crippen LogP contribution in [0.15, 0.2) is 0 Å². The first-order chi connectivity index (χ1) is 9.70. The first kappa shape index (κ1) is 14.9. The van der Waals surface area contributed by atoms with Gasteiger partial charge in [-0.15, -0.1) is 0 Å². The van der Waals surface area contributed by atoms with Crippen molar-refractivity contribution < 1.29 is 0 Å². The third-order valence-electron chi connectivity index (χ3n) is 5.86. The Bertz CT molecular complexity index is 268. The summed E-state index contributed by atoms with van der Waals surface area (Å²) < 4.78 is 0. The Labute approximate surface area is 126 Å². The predicted molar refractivity (Wildman–Crippen MR) is 86.8 cm³/mol. The average Bonchev–Trinajstić information content (AvgIpc) is 3.31. The Kier molecular flexibility index (Phi) is 5.07. The Morgan fingerprint density at radius 1 is 0.750 bits per heavy atom. The number of rotatable bonds is 8. The van der Waals surface area contributed by atoms with Gasteiger partial charge in [0.25, 0.3) is 0 Å². The first-order valence-electron chi connectivity index (χ1n) is 9.44. The van der Waals surface area contributed by atoms with Crippen molar-refractivity contribution in [2.75, 3.05) is 13.1 Å². The molecule has 1 heteroatoms. The maximum atomic E-state index is 2.92. The Balaban J connectivity index is 1.42. The zero-order valence-electron chi connectivity index (χ0n) is 13.8. The Morgan fingerprint density at radius 2 is 1.25 bits per heavy atom. The highest BCUT2D eigenvalue weighted by atomic mass is 15.2. The number of hydrogen-bond donors (Lipinski definition) is 0. The first-order valence-corrected chi connectivity index (χ1v) is 9.44. The maximum Gasteiger partial charge on any atom is 0.00956 e. The van der Waals surface area contributed by atoms with Gasteiger partial charge in [-0.25, -0.2) is 0 Å². The van der Waals surface area contributed by atoms with E-state index in [1.165, 1.54) is 77.3 Å². The van der Waals surface area contributed by atoms with Crippen LogP contribution in [-0.4, -0.2) is 24.0 Å². The minimum atomic E-state index is 0.897. The molecule has 0 aromatic heterocycles. The normalized spacial score (nSPS) is 31.2. The van der Waals surface area contributed by atoms with Gasteiger partial charge < -0.3 is 0 Å². The summed E-state index contributed by atoms with van der Waals surface area (Å²) in [6.45, 7) is 7.63. The molecule has 3 saturated carbocycles. The largest absolute Gasteiger partial charge is 0.300 e. The summed E-state index contributed by atoms with van der Waals surface area (Å²) in [6.07, 6.45) is 15.1. The van der Waals surface area contributed by atoms with E-state index in [1.54, 1.807) is 0 Å². The van der Waals surface area contributed by atoms with E-state index in [-0.39, 0.29) is 0 Å². The number of hydrogen-bond acceptors (Lipinski definition) is 1. The summed E-state index contributed by atoms with van der Waals surface area (Å²) in [6, 6.07) is 0.950. The van der Waals surface area contributed by atoms with Crippen molar-refractivity contribution in [3.8, 4) is 0 Å². The van der Waals surface area contributed by atoms with E-state index in [4.69, 9.17) is 0 Å². The quantitative estimate of drug-likeness (QED) is 0.596. The van der Waals surface area contributed by atoms with Crippen LogP contribution in [0.4, 0.5) is 0 Å². The summed E-state index contributed by atoms with van der Waals surface area (Å²) in [7, 11) is 0. The highest BCUT2D eigenvalue weighted by Gasteiger charge is 2.34. The topological polar surface area (TPSA) is 3.24 Å². The molecule has 3 rings (SSSR count). The van der Waals surface area contributed by atoms with Crippen LogP contribution in [0.3, 0.4) is 0 Å². The van der Waals surface area contributed by atoms with Crippen LogP contribution in [0.2, 0.25) is 0 Å². The molecule has 3 aliphatic rings. The fourth-order valence-electron chi connectivity index (χ4n) is 4.00. The molecule has 0 aromatic rings. The SMILES string of the molecule is CC(C)CC[C@H]1CC[C@H](N(CC2CC2)CC2CC2)CC1. The molecule has 1 nitrogen and oxygen atoms in total. The maximum absolute atomic E-state index is 2.92. The average molecular weight is 277 g/mol. The molecule has 0 amide bonds. The lowest BCUT2D eigenvalue weighted by Gasteiger charge is -2.37. The van der Waals surface area contributed by atoms with Crippen molar-refractivity contribution >= 4 is 0 Å². The molecular formula is C19H35N. The zero-order chi connectivity index (χ0) is 13.9. The Hall–Kier alpha value is -0.0400. The molecule has 0 saturated heterocycles. The van der Waals surface area contributed by atoms with Crippen molar-refractivity contribution in [3.63, 3.8) is 0 Å². The highest BCUT2D eigenvalue weighted by Crippen LogP contribution is 2.38. The van der Waals surface area contributed by atoms with Gasteiger partial charge in [-0.1, -0.05) is 26.7 Å². The van der Waals surface area contributed by atoms with Gasteiger partial charge in [-0.2, -0.15) is 0 Å². The molecule has 0 unspecified atom stereocenters. The smallest absolute Gasteiger partial charge is 0.00956 e. The number of nitrogens with zero attached hydrogens (tertiary/aromatic N) is 1. The van der Waals surface area contributed by atoms with Gasteiger partial charge in [0.05, 0.1) is 0 Å². The van der Waals surface area contributed by atoms with Crippen molar-refractivity contribution in [3.05, 3.63) is 0 Å². The van der Waals surface area contributed by atoms with Gasteiger partial charge in [0.15, 0.2) is 0 Å². The highest BCUT2D eigenvalue weighted by molar-refractivity contribution is 4.88. The lowest BCUT2D eigenvalue weighted by Crippen LogP contribution is -2.40. The second kappa shape index (κ2) is 6.81. The second-order valence-corrected chi connectivity index (χ2v) is 8.49. The third-order valence-corrected chi connectivity index (χ3v) is 5.86. The lowest BCUT2D eigenvalue weighted by molar-refractivity contribution is 0.121. The lowest BCUT2D eigenvalue weighted by atomic mass is 9.81. The fourth-order valence-corrected chi connectivity index (χ4v) is 4.00. The minimum Gasteiger partial charge on any atom is -0.300 e. The minimum absolute atomic E-state index is 0.897. The third kappa shape index (κ3) is 4.76. The summed E-state index contributed by atoms with van der Waals surface area (Å²) in [5, 5.41) is 0. The summed E-state index contributed by atoms with van der Waals surface area (Å²) in [5.41, 5.74) is 0. The van der Waals surface area contributed by atoms with Crippen LogP contribution < -0.4 is 0 Å². The summed E-state index contributed by atoms with van der Waals surface area (Å²) in [5.74, 6) is 4.10. The van der Waals surface area contributed by atoms with Gasteiger partial charge >= 0.3 is 0 Å². The van der Waals surface area contributed by atoms with Gasteiger partial charge in [0.1, 0.15) is 0 Å². The molecule has 3 aliphatic carbocycles. The van der Waals surface area contributed by atoms with Gasteiger partial charge in [-0.05, 0) is 75.0 Å². The van der Waals surface area contributed by atoms with Crippen LogP contribution >= 0.6 is 0 Å². The zero-order valence-corrected chi connectivity index (χ0v) is 13.8. The summed E-state index contributed by atoms with van der Waals surface area (Å²) in [4.78, 5) is 2.92. The van der Waals surface area contributed by atoms with Crippen LogP contribution in [0.5, 0.6) is 0 Å². The predicted octanol–water partition coefficient (Wildman–Crippen LogP) is 5.10. The van der Waals surface area contributed by atoms with E-state index in [0.717, 1.165) is 29.7 Å². The van der Waals surface area contributed by atoms with E-state index in [0.29, 0.717) is 0 Å². The molecule has 0 spiro atoms. The second-order valence-electron chi connectivity index (χ2n) is 8.49. The molecular weight excluding hydrogens is 242 g/mol. The van der Waals surface area contributed by atoms with E-state index < -0.39 is 0 Å². The van der Waals surface area contributed by atoms with Crippen molar-refractivity contribution in [1.29, 1.82) is 0 Å². The van der Waals surface area contributed by atoms with Gasteiger partial charge in [0, 0.05) is 19.1 Å². The Morgan fingerprint density at radius 3 is 1.70 bits per heavy atom. The van der Waals surface area contributed by atoms with E-state index in [9.17, 15) is 0 Å². The molecule has 0 radical (unpaired) electrons. The van der Waals surface area contributed by atoms with E-state index in [2.05, 4.69) is 18.7 Å². The van der Waals surface area contributed by atoms with Crippen LogP contribution in [0, 0.1) is 23.7 Å². The molecule has 3 fully saturated rings. The molecule has 0 bridgehead atoms. The van der Waals surface area contributed by atoms with E-state index in [1.807, 2.05) is 0 Å². The monoisotopic (exact) mass is 277 g/mol. The summed E-state index contributed by atoms with van der Waals surface area (Å²) >= 11 is 0. The van der Waals surface area contributed by atoms with E-state index >= 15 is 0 Å². The molecule has 0 aliphatic heterocycles. The molecule has 116 valence electrons. The molecule has 0 N–H and O–H groups in total. The standard InChI is InChI=1S/C19H35N/c1-15(2)3-4-16-9-11-19(12-10-16)20(13-17-5-6-17)14-18-7-8-18/h15-19H,3-14H2,1-2H3/t16-,19-. The van der Waals surface area contributed by atoms with Crippen molar-refractivity contribution in [2.45, 2.75) is 84.1 Å². The van der Waals surface area contributed by atoms with Gasteiger partial charge in [0.2, 0.25) is 0 Å². The molecule has 0 heterocycles. The van der Waals surface area contributed by atoms with Crippen LogP contribution in [-0.2, 0) is 0 Å². The molecule has 0 atom stereocenters. The van der Waals surface area contributed by atoms with Gasteiger partial charge in [-0.3, -0.25) is 4.90 Å². The van der Waals surface area contributed by atoms with Crippen molar-refractivity contribution in [2.24, 2.45) is 23.7 Å². The van der Waals surface area contributed by atoms with Crippen LogP contribution in [0.25, 0.3) is 0 Å². The van der Waals surface area contributed by atoms with Crippen LogP contribution in [0.1, 0.15) is 78.1 Å². The fraction of sp³-hybridized carbons (Fsp3) is 1.00. The van der Waals surface area contributed by atoms with Crippen molar-refractivity contribution in [1.82, 2.24) is 4.90 Å². The molecule has 20 heavy (non-hydrogen) atoms.